The lowest BCUT2D eigenvalue weighted by molar-refractivity contribution is 0.934. The highest BCUT2D eigenvalue weighted by molar-refractivity contribution is 7.15. The van der Waals surface area contributed by atoms with Gasteiger partial charge in [0.25, 0.3) is 0 Å². The Bertz CT molecular complexity index is 245. The van der Waals surface area contributed by atoms with Crippen molar-refractivity contribution in [3.05, 3.63) is 15.0 Å². The zero-order chi connectivity index (χ0) is 8.43. The smallest absolute Gasteiger partial charge is 0.184 e. The van der Waals surface area contributed by atoms with Gasteiger partial charge in [-0.05, 0) is 20.3 Å². The van der Waals surface area contributed by atoms with Crippen molar-refractivity contribution in [3.8, 4) is 0 Å². The number of alkyl halides is 1. The second-order valence-electron chi connectivity index (χ2n) is 2.46. The number of nitrogens with zero attached hydrogens (tertiary/aromatic N) is 1. The van der Waals surface area contributed by atoms with E-state index in [9.17, 15) is 0 Å². The summed E-state index contributed by atoms with van der Waals surface area (Å²) in [6, 6.07) is 0. The van der Waals surface area contributed by atoms with Gasteiger partial charge < -0.3 is 0 Å². The highest BCUT2D eigenvalue weighted by atomic mass is 35.5. The van der Waals surface area contributed by atoms with E-state index in [1.807, 2.05) is 13.8 Å². The molecule has 0 amide bonds. The summed E-state index contributed by atoms with van der Waals surface area (Å²) in [5, 5.41) is 0.158. The first-order valence-corrected chi connectivity index (χ1v) is 4.98. The molecule has 0 aliphatic carbocycles. The normalized spacial score (nSPS) is 13.5. The van der Waals surface area contributed by atoms with Gasteiger partial charge in [-0.15, -0.1) is 22.9 Å². The van der Waals surface area contributed by atoms with Gasteiger partial charge >= 0.3 is 0 Å². The molecule has 0 spiro atoms. The van der Waals surface area contributed by atoms with Crippen LogP contribution in [-0.4, -0.2) is 10.4 Å². The zero-order valence-corrected chi connectivity index (χ0v) is 8.72. The monoisotopic (exact) mass is 209 g/mol. The molecule has 1 atom stereocenters. The Morgan fingerprint density at radius 2 is 2.27 bits per heavy atom. The third kappa shape index (κ3) is 2.62. The molecule has 1 heterocycles. The van der Waals surface area contributed by atoms with Crippen molar-refractivity contribution in [2.75, 3.05) is 0 Å². The van der Waals surface area contributed by atoms with Gasteiger partial charge in [0, 0.05) is 10.3 Å². The minimum absolute atomic E-state index is 0.158. The highest BCUT2D eigenvalue weighted by Gasteiger charge is 2.07. The molecule has 0 aliphatic heterocycles. The van der Waals surface area contributed by atoms with Gasteiger partial charge in [-0.3, -0.25) is 0 Å². The maximum Gasteiger partial charge on any atom is 0.184 e. The number of thiazole rings is 1. The number of aryl methyl sites for hydroxylation is 1. The van der Waals surface area contributed by atoms with E-state index in [1.54, 1.807) is 0 Å². The van der Waals surface area contributed by atoms with Crippen molar-refractivity contribution in [2.24, 2.45) is 0 Å². The average Bonchev–Trinajstić information content (AvgIpc) is 2.09. The molecule has 0 saturated heterocycles. The summed E-state index contributed by atoms with van der Waals surface area (Å²) in [6.07, 6.45) is 0.859. The molecule has 0 aromatic carbocycles. The fraction of sp³-hybridized carbons (Fsp3) is 0.571. The predicted octanol–water partition coefficient (Wildman–Crippen LogP) is 3.27. The second kappa shape index (κ2) is 3.74. The third-order valence-corrected chi connectivity index (χ3v) is 2.77. The van der Waals surface area contributed by atoms with Gasteiger partial charge in [0.15, 0.2) is 4.47 Å². The maximum absolute atomic E-state index is 5.83. The molecule has 0 N–H and O–H groups in total. The largest absolute Gasteiger partial charge is 0.230 e. The van der Waals surface area contributed by atoms with Crippen LogP contribution in [0.5, 0.6) is 0 Å². The van der Waals surface area contributed by atoms with Crippen molar-refractivity contribution < 1.29 is 0 Å². The minimum Gasteiger partial charge on any atom is -0.230 e. The van der Waals surface area contributed by atoms with Crippen molar-refractivity contribution >= 4 is 34.5 Å². The first kappa shape index (κ1) is 9.30. The molecule has 0 bridgehead atoms. The topological polar surface area (TPSA) is 12.9 Å². The Morgan fingerprint density at radius 3 is 2.64 bits per heavy atom. The van der Waals surface area contributed by atoms with Crippen LogP contribution < -0.4 is 0 Å². The lowest BCUT2D eigenvalue weighted by atomic mass is 10.2. The van der Waals surface area contributed by atoms with Gasteiger partial charge in [0.05, 0.1) is 5.69 Å². The summed E-state index contributed by atoms with van der Waals surface area (Å²) in [6.45, 7) is 3.92. The number of hydrogen-bond donors (Lipinski definition) is 0. The van der Waals surface area contributed by atoms with Gasteiger partial charge in [-0.1, -0.05) is 11.6 Å². The van der Waals surface area contributed by atoms with E-state index in [4.69, 9.17) is 23.2 Å². The Hall–Kier alpha value is 0.210. The predicted molar refractivity (Wildman–Crippen MR) is 50.9 cm³/mol. The molecular formula is C7H9Cl2NS. The summed E-state index contributed by atoms with van der Waals surface area (Å²) >= 11 is 13.1. The molecule has 0 fully saturated rings. The molecule has 4 heteroatoms. The molecule has 1 unspecified atom stereocenters. The van der Waals surface area contributed by atoms with Crippen molar-refractivity contribution in [1.82, 2.24) is 4.98 Å². The minimum atomic E-state index is 0.158. The summed E-state index contributed by atoms with van der Waals surface area (Å²) < 4.78 is 0.606. The average molecular weight is 210 g/mol. The molecule has 62 valence electrons. The van der Waals surface area contributed by atoms with Crippen LogP contribution in [0.1, 0.15) is 17.5 Å². The quantitative estimate of drug-likeness (QED) is 0.682. The molecular weight excluding hydrogens is 201 g/mol. The second-order valence-corrected chi connectivity index (χ2v) is 4.87. The molecule has 1 aromatic rings. The maximum atomic E-state index is 5.83. The Labute approximate surface area is 80.4 Å². The fourth-order valence-electron chi connectivity index (χ4n) is 0.837. The zero-order valence-electron chi connectivity index (χ0n) is 6.40. The van der Waals surface area contributed by atoms with Crippen LogP contribution in [0.4, 0.5) is 0 Å². The van der Waals surface area contributed by atoms with Crippen molar-refractivity contribution in [3.63, 3.8) is 0 Å². The number of aromatic nitrogens is 1. The summed E-state index contributed by atoms with van der Waals surface area (Å²) in [5.41, 5.74) is 1.01. The van der Waals surface area contributed by atoms with Crippen LogP contribution in [0.3, 0.4) is 0 Å². The number of halogens is 2. The van der Waals surface area contributed by atoms with Crippen LogP contribution in [0.2, 0.25) is 4.47 Å². The van der Waals surface area contributed by atoms with E-state index in [0.29, 0.717) is 4.47 Å². The highest BCUT2D eigenvalue weighted by Crippen LogP contribution is 2.24. The molecule has 1 aromatic heterocycles. The Kier molecular flexibility index (Phi) is 3.16. The lowest BCUT2D eigenvalue weighted by Gasteiger charge is -1.98. The molecule has 0 saturated carbocycles. The van der Waals surface area contributed by atoms with Crippen molar-refractivity contribution in [1.29, 1.82) is 0 Å². The van der Waals surface area contributed by atoms with E-state index in [2.05, 4.69) is 4.98 Å². The standard InChI is InChI=1S/C7H9Cl2NS/c1-4(8)3-6-5(2)10-7(9)11-6/h4H,3H2,1-2H3. The van der Waals surface area contributed by atoms with Crippen LogP contribution in [0.25, 0.3) is 0 Å². The van der Waals surface area contributed by atoms with Gasteiger partial charge in [0.2, 0.25) is 0 Å². The lowest BCUT2D eigenvalue weighted by Crippen LogP contribution is -1.95. The fourth-order valence-corrected chi connectivity index (χ4v) is 2.40. The summed E-state index contributed by atoms with van der Waals surface area (Å²) in [7, 11) is 0. The summed E-state index contributed by atoms with van der Waals surface area (Å²) in [4.78, 5) is 5.28. The molecule has 0 aliphatic rings. The van der Waals surface area contributed by atoms with Gasteiger partial charge in [-0.2, -0.15) is 0 Å². The number of hydrogen-bond acceptors (Lipinski definition) is 2. The van der Waals surface area contributed by atoms with E-state index in [0.717, 1.165) is 12.1 Å². The Balaban J connectivity index is 2.77. The van der Waals surface area contributed by atoms with E-state index in [-0.39, 0.29) is 5.38 Å². The summed E-state index contributed by atoms with van der Waals surface area (Å²) in [5.74, 6) is 0. The SMILES string of the molecule is Cc1nc(Cl)sc1CC(C)Cl. The van der Waals surface area contributed by atoms with Crippen LogP contribution in [-0.2, 0) is 6.42 Å². The van der Waals surface area contributed by atoms with E-state index in [1.165, 1.54) is 16.2 Å². The molecule has 1 rings (SSSR count). The van der Waals surface area contributed by atoms with Gasteiger partial charge in [0.1, 0.15) is 0 Å². The van der Waals surface area contributed by atoms with E-state index >= 15 is 0 Å². The van der Waals surface area contributed by atoms with Crippen LogP contribution >= 0.6 is 34.5 Å². The van der Waals surface area contributed by atoms with E-state index < -0.39 is 0 Å². The first-order chi connectivity index (χ1) is 5.09. The molecule has 11 heavy (non-hydrogen) atoms. The van der Waals surface area contributed by atoms with Crippen LogP contribution in [0.15, 0.2) is 0 Å². The van der Waals surface area contributed by atoms with Crippen LogP contribution in [0, 0.1) is 6.92 Å². The first-order valence-electron chi connectivity index (χ1n) is 3.35. The third-order valence-electron chi connectivity index (χ3n) is 1.33. The van der Waals surface area contributed by atoms with Crippen molar-refractivity contribution in [2.45, 2.75) is 25.6 Å². The molecule has 1 nitrogen and oxygen atoms in total. The number of rotatable bonds is 2. The molecule has 0 radical (unpaired) electrons. The Morgan fingerprint density at radius 1 is 1.64 bits per heavy atom. The van der Waals surface area contributed by atoms with Gasteiger partial charge in [-0.25, -0.2) is 4.98 Å².